The van der Waals surface area contributed by atoms with E-state index in [2.05, 4.69) is 21.3 Å². The van der Waals surface area contributed by atoms with Gasteiger partial charge in [0, 0.05) is 80.7 Å². The molecule has 0 aromatic heterocycles. The van der Waals surface area contributed by atoms with Crippen LogP contribution in [-0.4, -0.2) is 95.5 Å². The third-order valence-corrected chi connectivity index (χ3v) is 10.1. The van der Waals surface area contributed by atoms with Gasteiger partial charge < -0.3 is 50.3 Å². The molecule has 1 heterocycles. The van der Waals surface area contributed by atoms with Crippen LogP contribution in [0.25, 0.3) is 33.4 Å². The van der Waals surface area contributed by atoms with E-state index in [9.17, 15) is 48.4 Å². The Morgan fingerprint density at radius 2 is 1.47 bits per heavy atom. The summed E-state index contributed by atoms with van der Waals surface area (Å²) >= 11 is 5.43. The number of benzene rings is 3. The standard InChI is InChI=1S/C41H49N4O15PS/c1-25(46)56-23-30(59-26(2)47)24-58-61(54,55)57-19-18-43-38(51)9-5-4-8-37(50)42-16-6-3-7-17-44-41(62)45-27-10-13-31(34(20-27)40(52)53)39-32-14-11-28(48)21-35(32)60-36-22-29(49)12-15-33(36)39/h10-15,20-22,30,48H,3-9,16-19,23-24H2,1-2H3,(H,42,50)(H,43,51)(H,52,53)(H,54,55)(H2,44,45,62). The fraction of sp³-hybridized carbons (Fsp3) is 0.390. The highest BCUT2D eigenvalue weighted by Crippen LogP contribution is 2.44. The monoisotopic (exact) mass is 900 g/mol. The number of phosphoric acid groups is 1. The maximum atomic E-state index is 12.5. The average Bonchev–Trinajstić information content (AvgIpc) is 3.20. The quantitative estimate of drug-likeness (QED) is 0.0163. The van der Waals surface area contributed by atoms with E-state index in [1.54, 1.807) is 24.3 Å². The van der Waals surface area contributed by atoms with Gasteiger partial charge in [-0.2, -0.15) is 0 Å². The van der Waals surface area contributed by atoms with Crippen molar-refractivity contribution in [1.29, 1.82) is 0 Å². The van der Waals surface area contributed by atoms with Gasteiger partial charge in [0.05, 0.1) is 18.8 Å². The third kappa shape index (κ3) is 16.2. The number of carboxylic acids is 1. The van der Waals surface area contributed by atoms with Gasteiger partial charge >= 0.3 is 25.7 Å². The second-order valence-corrected chi connectivity index (χ2v) is 15.7. The third-order valence-electron chi connectivity index (χ3n) is 8.88. The topological polar surface area (TPSA) is 278 Å². The summed E-state index contributed by atoms with van der Waals surface area (Å²) in [6.07, 6.45) is 2.42. The molecule has 0 spiro atoms. The van der Waals surface area contributed by atoms with Crippen molar-refractivity contribution < 1.29 is 66.6 Å². The van der Waals surface area contributed by atoms with E-state index in [0.29, 0.717) is 58.8 Å². The van der Waals surface area contributed by atoms with Crippen molar-refractivity contribution >= 4 is 71.5 Å². The van der Waals surface area contributed by atoms with Crippen molar-refractivity contribution in [3.63, 3.8) is 0 Å². The van der Waals surface area contributed by atoms with Crippen LogP contribution in [0.4, 0.5) is 5.69 Å². The van der Waals surface area contributed by atoms with Gasteiger partial charge in [0.25, 0.3) is 0 Å². The average molecular weight is 901 g/mol. The molecule has 2 aliphatic rings. The molecular formula is C41H49N4O15PS. The number of carboxylic acid groups (broad SMARTS) is 1. The number of phosphoric ester groups is 1. The molecule has 62 heavy (non-hydrogen) atoms. The molecule has 7 N–H and O–H groups in total. The maximum absolute atomic E-state index is 12.5. The number of carbonyl (C=O) groups is 5. The summed E-state index contributed by atoms with van der Waals surface area (Å²) in [6, 6.07) is 13.6. The normalized spacial score (nSPS) is 12.5. The summed E-state index contributed by atoms with van der Waals surface area (Å²) in [7, 11) is -4.56. The molecule has 0 bridgehead atoms. The number of phenolic OH excluding ortho intramolecular Hbond substituents is 1. The summed E-state index contributed by atoms with van der Waals surface area (Å²) < 4.78 is 37.2. The zero-order valence-corrected chi connectivity index (χ0v) is 35.8. The number of aromatic hydroxyl groups is 1. The number of unbranched alkanes of at least 4 members (excludes halogenated alkanes) is 3. The molecule has 2 amide bonds. The van der Waals surface area contributed by atoms with Crippen molar-refractivity contribution in [1.82, 2.24) is 16.0 Å². The number of hydrogen-bond donors (Lipinski definition) is 7. The minimum absolute atomic E-state index is 0.0195. The fourth-order valence-electron chi connectivity index (χ4n) is 6.07. The maximum Gasteiger partial charge on any atom is 0.472 e. The number of fused-ring (bicyclic) bond motifs is 2. The first kappa shape index (κ1) is 48.7. The number of esters is 2. The second kappa shape index (κ2) is 23.9. The molecular weight excluding hydrogens is 852 g/mol. The molecule has 334 valence electrons. The Morgan fingerprint density at radius 1 is 0.790 bits per heavy atom. The number of hydrogen-bond acceptors (Lipinski definition) is 14. The van der Waals surface area contributed by atoms with E-state index in [1.807, 2.05) is 0 Å². The first-order valence-corrected chi connectivity index (χ1v) is 21.5. The van der Waals surface area contributed by atoms with Gasteiger partial charge in [-0.3, -0.25) is 33.0 Å². The summed E-state index contributed by atoms with van der Waals surface area (Å²) in [6.45, 7) is 1.87. The molecule has 2 aromatic carbocycles. The van der Waals surface area contributed by atoms with E-state index < -0.39 is 38.4 Å². The zero-order chi connectivity index (χ0) is 45.2. The van der Waals surface area contributed by atoms with E-state index in [4.69, 9.17) is 35.2 Å². The molecule has 1 aliphatic heterocycles. The van der Waals surface area contributed by atoms with Crippen molar-refractivity contribution in [2.24, 2.45) is 0 Å². The summed E-state index contributed by atoms with van der Waals surface area (Å²) in [4.78, 5) is 80.9. The second-order valence-electron chi connectivity index (χ2n) is 13.9. The largest absolute Gasteiger partial charge is 0.508 e. The van der Waals surface area contributed by atoms with Crippen LogP contribution in [0, 0.1) is 0 Å². The summed E-state index contributed by atoms with van der Waals surface area (Å²) in [5, 5.41) is 32.6. The molecule has 2 atom stereocenters. The molecule has 2 unspecified atom stereocenters. The number of amides is 2. The van der Waals surface area contributed by atoms with Crippen LogP contribution in [0.2, 0.25) is 0 Å². The Morgan fingerprint density at radius 3 is 2.15 bits per heavy atom. The molecule has 4 rings (SSSR count). The molecule has 21 heteroatoms. The van der Waals surface area contributed by atoms with Crippen LogP contribution >= 0.6 is 20.0 Å². The van der Waals surface area contributed by atoms with Crippen LogP contribution in [0.3, 0.4) is 0 Å². The number of nitrogens with one attached hydrogen (secondary N) is 4. The Kier molecular flexibility index (Phi) is 18.8. The molecule has 0 saturated heterocycles. The Balaban J connectivity index is 1.08. The highest BCUT2D eigenvalue weighted by atomic mass is 32.1. The Hall–Kier alpha value is -5.92. The zero-order valence-electron chi connectivity index (χ0n) is 34.1. The fourth-order valence-corrected chi connectivity index (χ4v) is 7.04. The van der Waals surface area contributed by atoms with Gasteiger partial charge in [-0.1, -0.05) is 6.07 Å². The van der Waals surface area contributed by atoms with Crippen molar-refractivity contribution in [2.75, 3.05) is 44.8 Å². The molecule has 0 fully saturated rings. The lowest BCUT2D eigenvalue weighted by atomic mass is 9.90. The highest BCUT2D eigenvalue weighted by Gasteiger charge is 2.26. The first-order chi connectivity index (χ1) is 29.5. The molecule has 2 aromatic rings. The lowest BCUT2D eigenvalue weighted by molar-refractivity contribution is -0.158. The van der Waals surface area contributed by atoms with Gasteiger partial charge in [-0.25, -0.2) is 9.36 Å². The number of anilines is 1. The molecule has 0 radical (unpaired) electrons. The highest BCUT2D eigenvalue weighted by molar-refractivity contribution is 7.80. The van der Waals surface area contributed by atoms with Crippen molar-refractivity contribution in [2.45, 2.75) is 64.9 Å². The van der Waals surface area contributed by atoms with Crippen molar-refractivity contribution in [3.8, 4) is 28.2 Å². The number of phenols is 1. The smallest absolute Gasteiger partial charge is 0.472 e. The van der Waals surface area contributed by atoms with Gasteiger partial charge in [-0.05, 0) is 86.3 Å². The summed E-state index contributed by atoms with van der Waals surface area (Å²) in [5.74, 6) is -2.81. The number of ether oxygens (including phenoxy) is 2. The van der Waals surface area contributed by atoms with Crippen LogP contribution in [0.1, 0.15) is 69.2 Å². The van der Waals surface area contributed by atoms with Gasteiger partial charge in [0.15, 0.2) is 16.6 Å². The number of carbonyl (C=O) groups excluding carboxylic acids is 4. The number of rotatable bonds is 24. The van der Waals surface area contributed by atoms with Crippen LogP contribution in [0.5, 0.6) is 5.75 Å². The van der Waals surface area contributed by atoms with Crippen LogP contribution in [-0.2, 0) is 42.3 Å². The van der Waals surface area contributed by atoms with E-state index in [1.165, 1.54) is 30.3 Å². The number of aromatic carboxylic acids is 1. The lowest BCUT2D eigenvalue weighted by Crippen LogP contribution is -2.29. The molecule has 19 nitrogen and oxygen atoms in total. The Bertz CT molecular complexity index is 2320. The van der Waals surface area contributed by atoms with Gasteiger partial charge in [0.2, 0.25) is 11.8 Å². The SMILES string of the molecule is CC(=O)OCC(COP(=O)(O)OCCNC(=O)CCCCC(=O)NCCCCCNC(=S)Nc1ccc(-c2c3ccc(=O)cc-3oc3cc(O)ccc23)c(C(=O)O)c1)OC(C)=O. The van der Waals surface area contributed by atoms with Crippen molar-refractivity contribution in [3.05, 3.63) is 70.4 Å². The minimum Gasteiger partial charge on any atom is -0.508 e. The van der Waals surface area contributed by atoms with E-state index >= 15 is 0 Å². The Labute approximate surface area is 361 Å². The molecule has 0 saturated carbocycles. The van der Waals surface area contributed by atoms with E-state index in [0.717, 1.165) is 33.1 Å². The van der Waals surface area contributed by atoms with Crippen LogP contribution in [0.15, 0.2) is 63.8 Å². The first-order valence-electron chi connectivity index (χ1n) is 19.6. The van der Waals surface area contributed by atoms with E-state index in [-0.39, 0.29) is 72.5 Å². The van der Waals surface area contributed by atoms with Crippen LogP contribution < -0.4 is 26.7 Å². The van der Waals surface area contributed by atoms with Gasteiger partial charge in [-0.15, -0.1) is 0 Å². The molecule has 1 aliphatic carbocycles. The predicted molar refractivity (Wildman–Crippen MR) is 230 cm³/mol. The predicted octanol–water partition coefficient (Wildman–Crippen LogP) is 4.85. The van der Waals surface area contributed by atoms with Gasteiger partial charge in [0.1, 0.15) is 23.7 Å². The lowest BCUT2D eigenvalue weighted by Gasteiger charge is -2.18. The summed E-state index contributed by atoms with van der Waals surface area (Å²) in [5.41, 5.74) is 1.86. The number of thiocarbonyl (C=S) groups is 1. The minimum atomic E-state index is -4.56.